The Kier molecular flexibility index (Phi) is 7.97. The van der Waals surface area contributed by atoms with E-state index in [0.717, 1.165) is 12.0 Å². The van der Waals surface area contributed by atoms with Crippen LogP contribution in [0.1, 0.15) is 12.8 Å². The van der Waals surface area contributed by atoms with Crippen molar-refractivity contribution >= 4 is 36.1 Å². The summed E-state index contributed by atoms with van der Waals surface area (Å²) in [5.41, 5.74) is 5.12. The van der Waals surface area contributed by atoms with Gasteiger partial charge in [0.25, 0.3) is 0 Å². The molecule has 0 amide bonds. The van der Waals surface area contributed by atoms with Crippen molar-refractivity contribution < 1.29 is 0 Å². The third kappa shape index (κ3) is 5.92. The predicted molar refractivity (Wildman–Crippen MR) is 161 cm³/mol. The van der Waals surface area contributed by atoms with Crippen molar-refractivity contribution in [1.29, 1.82) is 0 Å². The molecule has 37 heavy (non-hydrogen) atoms. The molecular weight excluding hydrogens is 463 g/mol. The van der Waals surface area contributed by atoms with Crippen LogP contribution in [0, 0.1) is 0 Å². The van der Waals surface area contributed by atoms with Gasteiger partial charge in [0.15, 0.2) is 8.07 Å². The second kappa shape index (κ2) is 11.9. The molecule has 0 spiro atoms. The molecule has 182 valence electrons. The van der Waals surface area contributed by atoms with Gasteiger partial charge in [-0.05, 0) is 10.4 Å². The Hall–Kier alpha value is -3.89. The third-order valence-electron chi connectivity index (χ3n) is 7.33. The van der Waals surface area contributed by atoms with Crippen LogP contribution in [0.4, 0.5) is 0 Å². The van der Waals surface area contributed by atoms with Crippen LogP contribution in [-0.2, 0) is 6.17 Å². The number of imidazole rings is 1. The molecule has 1 heterocycles. The van der Waals surface area contributed by atoms with Crippen LogP contribution in [0.15, 0.2) is 152 Å². The molecule has 0 N–H and O–H groups in total. The standard InChI is InChI=1S/C18H18N2Si.C15H15B/c1-2-21(16-20-14-13-19-15-20,17-9-5-3-6-10-17)18-11-7-4-8-12-18;1-3-7-13(8-4-1)16(15-11-12-15)14-9-5-2-6-10-14/h2-15H,1,16H2;1-10,15H,11-12H2. The van der Waals surface area contributed by atoms with Gasteiger partial charge in [-0.25, -0.2) is 4.98 Å². The Balaban J connectivity index is 0.000000157. The monoisotopic (exact) mass is 496 g/mol. The zero-order chi connectivity index (χ0) is 25.3. The van der Waals surface area contributed by atoms with Gasteiger partial charge in [0.05, 0.1) is 6.33 Å². The second-order valence-corrected chi connectivity index (χ2v) is 13.6. The van der Waals surface area contributed by atoms with E-state index in [9.17, 15) is 0 Å². The van der Waals surface area contributed by atoms with Crippen LogP contribution in [0.2, 0.25) is 5.82 Å². The number of hydrogen-bond acceptors (Lipinski definition) is 1. The molecule has 6 rings (SSSR count). The molecular formula is C33H33BN2Si. The Bertz CT molecular complexity index is 1270. The second-order valence-electron chi connectivity index (χ2n) is 9.78. The van der Waals surface area contributed by atoms with Gasteiger partial charge in [-0.2, -0.15) is 0 Å². The van der Waals surface area contributed by atoms with Gasteiger partial charge >= 0.3 is 0 Å². The number of nitrogens with zero attached hydrogens (tertiary/aromatic N) is 2. The summed E-state index contributed by atoms with van der Waals surface area (Å²) in [7, 11) is -2.04. The van der Waals surface area contributed by atoms with Gasteiger partial charge in [-0.3, -0.25) is 0 Å². The highest BCUT2D eigenvalue weighted by Crippen LogP contribution is 2.38. The van der Waals surface area contributed by atoms with Crippen LogP contribution in [0.25, 0.3) is 0 Å². The molecule has 0 aliphatic heterocycles. The average Bonchev–Trinajstić information content (AvgIpc) is 3.68. The summed E-state index contributed by atoms with van der Waals surface area (Å²) in [6.45, 7) is 4.81. The topological polar surface area (TPSA) is 17.8 Å². The van der Waals surface area contributed by atoms with Gasteiger partial charge in [0.2, 0.25) is 6.71 Å². The lowest BCUT2D eigenvalue weighted by molar-refractivity contribution is 0.861. The molecule has 1 fully saturated rings. The lowest BCUT2D eigenvalue weighted by atomic mass is 9.37. The first-order chi connectivity index (χ1) is 18.3. The summed E-state index contributed by atoms with van der Waals surface area (Å²) in [4.78, 5) is 4.18. The average molecular weight is 497 g/mol. The lowest BCUT2D eigenvalue weighted by Gasteiger charge is -2.30. The minimum absolute atomic E-state index is 0.613. The maximum Gasteiger partial charge on any atom is 0.212 e. The molecule has 0 atom stereocenters. The van der Waals surface area contributed by atoms with E-state index >= 15 is 0 Å². The van der Waals surface area contributed by atoms with E-state index < -0.39 is 8.07 Å². The van der Waals surface area contributed by atoms with E-state index in [1.54, 1.807) is 0 Å². The fourth-order valence-corrected chi connectivity index (χ4v) is 8.91. The SMILES string of the molecule is C=C[Si](Cn1ccnc1)(c1ccccc1)c1ccccc1.c1ccc(B(c2ccccc2)C2CC2)cc1. The Labute approximate surface area is 222 Å². The molecule has 1 saturated carbocycles. The van der Waals surface area contributed by atoms with Gasteiger partial charge in [0, 0.05) is 18.6 Å². The van der Waals surface area contributed by atoms with E-state index in [-0.39, 0.29) is 0 Å². The van der Waals surface area contributed by atoms with E-state index in [1.807, 2.05) is 18.7 Å². The minimum Gasteiger partial charge on any atom is -0.339 e. The molecule has 1 aliphatic carbocycles. The largest absolute Gasteiger partial charge is 0.339 e. The van der Waals surface area contributed by atoms with Crippen molar-refractivity contribution in [2.75, 3.05) is 0 Å². The van der Waals surface area contributed by atoms with Gasteiger partial charge in [-0.15, -0.1) is 6.58 Å². The molecule has 0 radical (unpaired) electrons. The van der Waals surface area contributed by atoms with Crippen molar-refractivity contribution in [2.24, 2.45) is 0 Å². The highest BCUT2D eigenvalue weighted by molar-refractivity contribution is 7.05. The molecule has 1 aliphatic rings. The minimum atomic E-state index is -2.04. The Morgan fingerprint density at radius 1 is 0.730 bits per heavy atom. The number of aromatic nitrogens is 2. The maximum absolute atomic E-state index is 4.19. The lowest BCUT2D eigenvalue weighted by Crippen LogP contribution is -2.60. The Morgan fingerprint density at radius 2 is 1.19 bits per heavy atom. The third-order valence-corrected chi connectivity index (χ3v) is 11.6. The quantitative estimate of drug-likeness (QED) is 0.280. The number of rotatable bonds is 8. The van der Waals surface area contributed by atoms with Crippen molar-refractivity contribution in [3.63, 3.8) is 0 Å². The van der Waals surface area contributed by atoms with Crippen LogP contribution in [-0.4, -0.2) is 24.3 Å². The molecule has 2 nitrogen and oxygen atoms in total. The van der Waals surface area contributed by atoms with E-state index in [1.165, 1.54) is 34.1 Å². The highest BCUT2D eigenvalue weighted by atomic mass is 28.3. The van der Waals surface area contributed by atoms with Gasteiger partial charge < -0.3 is 4.57 Å². The first-order valence-electron chi connectivity index (χ1n) is 13.1. The number of benzene rings is 4. The maximum atomic E-state index is 4.19. The molecule has 5 aromatic rings. The normalized spacial score (nSPS) is 12.8. The van der Waals surface area contributed by atoms with Crippen LogP contribution >= 0.6 is 0 Å². The molecule has 1 aromatic heterocycles. The first kappa shape index (κ1) is 24.8. The fourth-order valence-electron chi connectivity index (χ4n) is 5.28. The van der Waals surface area contributed by atoms with Crippen molar-refractivity contribution in [1.82, 2.24) is 9.55 Å². The van der Waals surface area contributed by atoms with E-state index in [2.05, 4.69) is 143 Å². The number of hydrogen-bond donors (Lipinski definition) is 0. The molecule has 4 heteroatoms. The summed E-state index contributed by atoms with van der Waals surface area (Å²) in [6, 6.07) is 43.3. The van der Waals surface area contributed by atoms with E-state index in [0.29, 0.717) is 6.71 Å². The summed E-state index contributed by atoms with van der Waals surface area (Å²) >= 11 is 0. The van der Waals surface area contributed by atoms with Crippen LogP contribution in [0.3, 0.4) is 0 Å². The fraction of sp³-hybridized carbons (Fsp3) is 0.121. The zero-order valence-corrected chi connectivity index (χ0v) is 22.2. The summed E-state index contributed by atoms with van der Waals surface area (Å²) in [5.74, 6) is 0.866. The van der Waals surface area contributed by atoms with E-state index in [4.69, 9.17) is 0 Å². The molecule has 0 bridgehead atoms. The molecule has 0 unspecified atom stereocenters. The van der Waals surface area contributed by atoms with Crippen LogP contribution in [0.5, 0.6) is 0 Å². The van der Waals surface area contributed by atoms with Gasteiger partial charge in [0.1, 0.15) is 0 Å². The van der Waals surface area contributed by atoms with Crippen molar-refractivity contribution in [2.45, 2.75) is 24.8 Å². The molecule has 0 saturated heterocycles. The summed E-state index contributed by atoms with van der Waals surface area (Å²) in [6.07, 6.45) is 9.43. The van der Waals surface area contributed by atoms with Gasteiger partial charge in [-0.1, -0.05) is 157 Å². The zero-order valence-electron chi connectivity index (χ0n) is 21.2. The summed E-state index contributed by atoms with van der Waals surface area (Å²) in [5, 5.41) is 2.75. The first-order valence-corrected chi connectivity index (χ1v) is 15.4. The summed E-state index contributed by atoms with van der Waals surface area (Å²) < 4.78 is 2.16. The predicted octanol–water partition coefficient (Wildman–Crippen LogP) is 4.87. The smallest absolute Gasteiger partial charge is 0.212 e. The van der Waals surface area contributed by atoms with Crippen molar-refractivity contribution in [3.05, 3.63) is 152 Å². The van der Waals surface area contributed by atoms with Crippen molar-refractivity contribution in [3.8, 4) is 0 Å². The Morgan fingerprint density at radius 3 is 1.57 bits per heavy atom. The van der Waals surface area contributed by atoms with Crippen LogP contribution < -0.4 is 21.3 Å². The highest BCUT2D eigenvalue weighted by Gasteiger charge is 2.36. The molecule has 4 aromatic carbocycles.